The standard InChI is InChI=1S/C11H15FINO/c1-8(7-15-2)6-14-11-4-3-9(12)5-10(11)13/h3-5,8,14H,6-7H2,1-2H3. The number of hydrogen-bond donors (Lipinski definition) is 1. The third-order valence-corrected chi connectivity index (χ3v) is 2.92. The first-order chi connectivity index (χ1) is 7.13. The molecule has 0 amide bonds. The van der Waals surface area contributed by atoms with Gasteiger partial charge in [0.05, 0.1) is 6.61 Å². The zero-order valence-electron chi connectivity index (χ0n) is 8.89. The highest BCUT2D eigenvalue weighted by atomic mass is 127. The van der Waals surface area contributed by atoms with Crippen LogP contribution in [0.4, 0.5) is 10.1 Å². The first-order valence-corrected chi connectivity index (χ1v) is 5.89. The maximum absolute atomic E-state index is 12.8. The van der Waals surface area contributed by atoms with Gasteiger partial charge in [-0.05, 0) is 46.7 Å². The van der Waals surface area contributed by atoms with Gasteiger partial charge in [-0.15, -0.1) is 0 Å². The van der Waals surface area contributed by atoms with Crippen molar-refractivity contribution in [3.8, 4) is 0 Å². The monoisotopic (exact) mass is 323 g/mol. The Morgan fingerprint density at radius 1 is 1.53 bits per heavy atom. The third-order valence-electron chi connectivity index (χ3n) is 2.02. The number of rotatable bonds is 5. The van der Waals surface area contributed by atoms with Crippen molar-refractivity contribution in [1.82, 2.24) is 0 Å². The molecule has 0 bridgehead atoms. The molecule has 0 fully saturated rings. The molecule has 0 aliphatic carbocycles. The minimum absolute atomic E-state index is 0.199. The molecular formula is C11H15FINO. The normalized spacial score (nSPS) is 12.5. The first kappa shape index (κ1) is 12.7. The van der Waals surface area contributed by atoms with Crippen LogP contribution in [0, 0.1) is 15.3 Å². The number of hydrogen-bond acceptors (Lipinski definition) is 2. The lowest BCUT2D eigenvalue weighted by molar-refractivity contribution is 0.164. The van der Waals surface area contributed by atoms with E-state index in [0.29, 0.717) is 5.92 Å². The SMILES string of the molecule is COCC(C)CNc1ccc(F)cc1I. The number of anilines is 1. The van der Waals surface area contributed by atoms with Gasteiger partial charge in [-0.1, -0.05) is 6.92 Å². The van der Waals surface area contributed by atoms with Crippen molar-refractivity contribution < 1.29 is 9.13 Å². The van der Waals surface area contributed by atoms with E-state index in [2.05, 4.69) is 34.8 Å². The van der Waals surface area contributed by atoms with Gasteiger partial charge in [-0.3, -0.25) is 0 Å². The molecule has 0 saturated heterocycles. The van der Waals surface area contributed by atoms with E-state index in [-0.39, 0.29) is 5.82 Å². The van der Waals surface area contributed by atoms with E-state index in [0.717, 1.165) is 22.4 Å². The summed E-state index contributed by atoms with van der Waals surface area (Å²) in [5, 5.41) is 3.27. The number of methoxy groups -OCH3 is 1. The van der Waals surface area contributed by atoms with Crippen LogP contribution in [0.5, 0.6) is 0 Å². The van der Waals surface area contributed by atoms with Crippen LogP contribution in [0.25, 0.3) is 0 Å². The predicted octanol–water partition coefficient (Wildman–Crippen LogP) is 3.12. The van der Waals surface area contributed by atoms with Crippen LogP contribution in [-0.4, -0.2) is 20.3 Å². The summed E-state index contributed by atoms with van der Waals surface area (Å²) in [4.78, 5) is 0. The molecule has 2 nitrogen and oxygen atoms in total. The van der Waals surface area contributed by atoms with Crippen molar-refractivity contribution in [3.63, 3.8) is 0 Å². The zero-order chi connectivity index (χ0) is 11.3. The summed E-state index contributed by atoms with van der Waals surface area (Å²) in [5.41, 5.74) is 0.972. The van der Waals surface area contributed by atoms with E-state index in [1.807, 2.05) is 0 Å². The van der Waals surface area contributed by atoms with E-state index in [1.54, 1.807) is 13.2 Å². The highest BCUT2D eigenvalue weighted by molar-refractivity contribution is 14.1. The molecule has 1 unspecified atom stereocenters. The summed E-state index contributed by atoms with van der Waals surface area (Å²) in [6, 6.07) is 4.74. The molecular weight excluding hydrogens is 308 g/mol. The zero-order valence-corrected chi connectivity index (χ0v) is 11.0. The number of halogens is 2. The lowest BCUT2D eigenvalue weighted by Gasteiger charge is -2.13. The molecule has 1 atom stereocenters. The molecule has 0 spiro atoms. The first-order valence-electron chi connectivity index (χ1n) is 4.81. The Hall–Kier alpha value is -0.360. The summed E-state index contributed by atoms with van der Waals surface area (Å²) in [6.07, 6.45) is 0. The molecule has 84 valence electrons. The Balaban J connectivity index is 2.50. The average Bonchev–Trinajstić information content (AvgIpc) is 2.17. The van der Waals surface area contributed by atoms with Gasteiger partial charge in [0, 0.05) is 22.9 Å². The minimum Gasteiger partial charge on any atom is -0.384 e. The maximum atomic E-state index is 12.8. The van der Waals surface area contributed by atoms with Crippen molar-refractivity contribution >= 4 is 28.3 Å². The predicted molar refractivity (Wildman–Crippen MR) is 68.6 cm³/mol. The lowest BCUT2D eigenvalue weighted by Crippen LogP contribution is -2.16. The van der Waals surface area contributed by atoms with Crippen molar-refractivity contribution in [3.05, 3.63) is 27.6 Å². The third kappa shape index (κ3) is 4.34. The van der Waals surface area contributed by atoms with Crippen molar-refractivity contribution in [2.75, 3.05) is 25.6 Å². The van der Waals surface area contributed by atoms with Gasteiger partial charge in [0.1, 0.15) is 5.82 Å². The molecule has 0 radical (unpaired) electrons. The van der Waals surface area contributed by atoms with Crippen LogP contribution in [0.2, 0.25) is 0 Å². The van der Waals surface area contributed by atoms with Crippen LogP contribution in [0.15, 0.2) is 18.2 Å². The van der Waals surface area contributed by atoms with Crippen molar-refractivity contribution in [1.29, 1.82) is 0 Å². The Morgan fingerprint density at radius 3 is 2.87 bits per heavy atom. The quantitative estimate of drug-likeness (QED) is 0.841. The van der Waals surface area contributed by atoms with Gasteiger partial charge >= 0.3 is 0 Å². The second-order valence-corrected chi connectivity index (χ2v) is 4.73. The highest BCUT2D eigenvalue weighted by Gasteiger charge is 2.04. The topological polar surface area (TPSA) is 21.3 Å². The van der Waals surface area contributed by atoms with E-state index >= 15 is 0 Å². The van der Waals surface area contributed by atoms with Crippen LogP contribution in [-0.2, 0) is 4.74 Å². The molecule has 0 aliphatic rings. The van der Waals surface area contributed by atoms with Crippen molar-refractivity contribution in [2.45, 2.75) is 6.92 Å². The summed E-state index contributed by atoms with van der Waals surface area (Å²) in [7, 11) is 1.69. The van der Waals surface area contributed by atoms with Gasteiger partial charge in [-0.2, -0.15) is 0 Å². The Morgan fingerprint density at radius 2 is 2.27 bits per heavy atom. The van der Waals surface area contributed by atoms with Crippen LogP contribution in [0.1, 0.15) is 6.92 Å². The molecule has 1 aromatic carbocycles. The van der Waals surface area contributed by atoms with E-state index in [4.69, 9.17) is 4.74 Å². The van der Waals surface area contributed by atoms with Crippen LogP contribution >= 0.6 is 22.6 Å². The fraction of sp³-hybridized carbons (Fsp3) is 0.455. The molecule has 0 saturated carbocycles. The number of benzene rings is 1. The Labute approximate surface area is 103 Å². The Bertz CT molecular complexity index is 319. The van der Waals surface area contributed by atoms with Gasteiger partial charge in [-0.25, -0.2) is 4.39 Å². The summed E-state index contributed by atoms with van der Waals surface area (Å²) in [5.74, 6) is 0.241. The average molecular weight is 323 g/mol. The number of nitrogens with one attached hydrogen (secondary N) is 1. The lowest BCUT2D eigenvalue weighted by atomic mass is 10.2. The molecule has 1 aromatic rings. The van der Waals surface area contributed by atoms with Gasteiger partial charge in [0.2, 0.25) is 0 Å². The fourth-order valence-corrected chi connectivity index (χ4v) is 1.93. The van der Waals surface area contributed by atoms with Crippen molar-refractivity contribution in [2.24, 2.45) is 5.92 Å². The van der Waals surface area contributed by atoms with E-state index in [9.17, 15) is 4.39 Å². The molecule has 0 aliphatic heterocycles. The van der Waals surface area contributed by atoms with Gasteiger partial charge in [0.25, 0.3) is 0 Å². The highest BCUT2D eigenvalue weighted by Crippen LogP contribution is 2.19. The fourth-order valence-electron chi connectivity index (χ4n) is 1.26. The summed E-state index contributed by atoms with van der Waals surface area (Å²) in [6.45, 7) is 3.66. The van der Waals surface area contributed by atoms with E-state index in [1.165, 1.54) is 12.1 Å². The molecule has 1 rings (SSSR count). The largest absolute Gasteiger partial charge is 0.384 e. The van der Waals surface area contributed by atoms with Gasteiger partial charge < -0.3 is 10.1 Å². The second kappa shape index (κ2) is 6.27. The van der Waals surface area contributed by atoms with Crippen LogP contribution in [0.3, 0.4) is 0 Å². The smallest absolute Gasteiger partial charge is 0.124 e. The molecule has 0 aromatic heterocycles. The second-order valence-electron chi connectivity index (χ2n) is 3.57. The van der Waals surface area contributed by atoms with Gasteiger partial charge in [0.15, 0.2) is 0 Å². The molecule has 4 heteroatoms. The summed E-state index contributed by atoms with van der Waals surface area (Å²) < 4.78 is 18.8. The molecule has 0 heterocycles. The maximum Gasteiger partial charge on any atom is 0.124 e. The van der Waals surface area contributed by atoms with Crippen LogP contribution < -0.4 is 5.32 Å². The Kier molecular flexibility index (Phi) is 5.31. The number of ether oxygens (including phenoxy) is 1. The molecule has 15 heavy (non-hydrogen) atoms. The minimum atomic E-state index is -0.199. The summed E-state index contributed by atoms with van der Waals surface area (Å²) >= 11 is 2.12. The van der Waals surface area contributed by atoms with E-state index < -0.39 is 0 Å². The molecule has 1 N–H and O–H groups in total.